The largest absolute Gasteiger partial charge is 0.414 e. The van der Waals surface area contributed by atoms with Crippen molar-refractivity contribution in [2.45, 2.75) is 108 Å². The molecule has 2 fully saturated rings. The Morgan fingerprint density at radius 2 is 1.87 bits per heavy atom. The van der Waals surface area contributed by atoms with Crippen LogP contribution in [0.3, 0.4) is 0 Å². The van der Waals surface area contributed by atoms with Gasteiger partial charge in [0.2, 0.25) is 0 Å². The molecular formula is C29H42F3NO5S. The third-order valence-corrected chi connectivity index (χ3v) is 10.9. The molecule has 1 aromatic rings. The van der Waals surface area contributed by atoms with Crippen molar-refractivity contribution < 1.29 is 36.4 Å². The quantitative estimate of drug-likeness (QED) is 0.144. The first-order chi connectivity index (χ1) is 18.0. The van der Waals surface area contributed by atoms with Gasteiger partial charge in [-0.1, -0.05) is 44.7 Å². The van der Waals surface area contributed by atoms with E-state index in [1.807, 2.05) is 13.0 Å². The number of aryl methyl sites for hydroxylation is 1. The highest BCUT2D eigenvalue weighted by Gasteiger charge is 2.66. The zero-order valence-corrected chi connectivity index (χ0v) is 23.6. The van der Waals surface area contributed by atoms with Crippen LogP contribution < -0.4 is 4.72 Å². The van der Waals surface area contributed by atoms with Crippen LogP contribution in [0.5, 0.6) is 0 Å². The number of halogens is 3. The highest BCUT2D eigenvalue weighted by atomic mass is 32.2. The minimum atomic E-state index is -4.58. The van der Waals surface area contributed by atoms with Gasteiger partial charge in [0.1, 0.15) is 6.10 Å². The summed E-state index contributed by atoms with van der Waals surface area (Å²) in [5.74, 6) is 0.568. The third-order valence-electron chi connectivity index (χ3n) is 10.4. The molecule has 0 aromatic heterocycles. The van der Waals surface area contributed by atoms with Crippen LogP contribution in [0, 0.1) is 22.7 Å². The van der Waals surface area contributed by atoms with E-state index in [1.54, 1.807) is 12.1 Å². The van der Waals surface area contributed by atoms with Gasteiger partial charge in [-0.05, 0) is 104 Å². The molecule has 39 heavy (non-hydrogen) atoms. The molecule has 1 aromatic carbocycles. The molecule has 0 radical (unpaired) electrons. The molecule has 1 unspecified atom stereocenters. The van der Waals surface area contributed by atoms with Gasteiger partial charge in [0.15, 0.2) is 0 Å². The average molecular weight is 574 g/mol. The predicted octanol–water partition coefficient (Wildman–Crippen LogP) is 6.55. The number of allylic oxidation sites excluding steroid dienone is 1. The fraction of sp³-hybridized carbons (Fsp3) is 0.724. The van der Waals surface area contributed by atoms with Crippen LogP contribution in [0.4, 0.5) is 18.9 Å². The van der Waals surface area contributed by atoms with Crippen molar-refractivity contribution in [3.05, 3.63) is 42.0 Å². The van der Waals surface area contributed by atoms with E-state index in [1.165, 1.54) is 0 Å². The van der Waals surface area contributed by atoms with Gasteiger partial charge < -0.3 is 10.2 Å². The Hall–Kier alpha value is -1.62. The summed E-state index contributed by atoms with van der Waals surface area (Å²) in [6, 6.07) is 5.41. The molecule has 2 saturated carbocycles. The Bertz CT molecular complexity index is 1170. The van der Waals surface area contributed by atoms with Crippen LogP contribution in [0.1, 0.15) is 95.1 Å². The fourth-order valence-corrected chi connectivity index (χ4v) is 8.84. The van der Waals surface area contributed by atoms with Crippen LogP contribution in [0.15, 0.2) is 30.9 Å². The van der Waals surface area contributed by atoms with E-state index in [4.69, 9.17) is 0 Å². The topological polar surface area (TPSA) is 107 Å². The first-order valence-electron chi connectivity index (χ1n) is 14.0. The van der Waals surface area contributed by atoms with Crippen molar-refractivity contribution in [3.8, 4) is 0 Å². The lowest BCUT2D eigenvalue weighted by atomic mass is 9.43. The van der Waals surface area contributed by atoms with Gasteiger partial charge in [-0.3, -0.25) is 9.27 Å². The minimum Gasteiger partial charge on any atom is -0.390 e. The number of rotatable bonds is 10. The van der Waals surface area contributed by atoms with E-state index in [2.05, 4.69) is 24.3 Å². The van der Waals surface area contributed by atoms with Crippen LogP contribution in [-0.2, 0) is 16.7 Å². The molecule has 3 aliphatic carbocycles. The van der Waals surface area contributed by atoms with Gasteiger partial charge in [-0.2, -0.15) is 21.6 Å². The van der Waals surface area contributed by atoms with Gasteiger partial charge in [0, 0.05) is 0 Å². The Morgan fingerprint density at radius 3 is 2.51 bits per heavy atom. The number of benzene rings is 1. The Morgan fingerprint density at radius 1 is 1.18 bits per heavy atom. The molecule has 0 heterocycles. The number of nitrogens with one attached hydrogen (secondary N) is 1. The highest BCUT2D eigenvalue weighted by molar-refractivity contribution is 7.87. The summed E-state index contributed by atoms with van der Waals surface area (Å²) in [6.07, 6.45) is 2.31. The standard InChI is InChI=1S/C29H42F3NO5S/c1-4-28-16-13-19-17-21(33-39(36,37)38)11-12-22(19)25(28)20(18-26(2)23(28)14-15-27(26,3)35)9-7-5-6-8-10-24(34)29(30,31)32/h4,11-12,17,20,23-25,33-35H,1,5-10,13-16,18H2,2-3H3,(H,36,37,38)/t20-,23+,24?,25+,26-,27-,28-/m0/s1. The summed E-state index contributed by atoms with van der Waals surface area (Å²) < 4.78 is 72.0. The summed E-state index contributed by atoms with van der Waals surface area (Å²) >= 11 is 0. The SMILES string of the molecule is C=C[C@@]12CCc3cc(NS(=O)(=O)O)ccc3[C@H]1[C@@H](CCCCCCC(O)C(F)(F)F)C[C@@]1(C)[C@H]2CC[C@]1(C)O. The van der Waals surface area contributed by atoms with Crippen molar-refractivity contribution in [1.29, 1.82) is 0 Å². The summed E-state index contributed by atoms with van der Waals surface area (Å²) in [4.78, 5) is 0. The van der Waals surface area contributed by atoms with Crippen molar-refractivity contribution in [2.75, 3.05) is 4.72 Å². The molecule has 0 bridgehead atoms. The molecule has 0 spiro atoms. The second-order valence-electron chi connectivity index (χ2n) is 12.6. The summed E-state index contributed by atoms with van der Waals surface area (Å²) in [6.45, 7) is 8.45. The normalized spacial score (nSPS) is 35.0. The number of hydrogen-bond donors (Lipinski definition) is 4. The van der Waals surface area contributed by atoms with E-state index in [9.17, 15) is 36.4 Å². The molecule has 220 valence electrons. The smallest absolute Gasteiger partial charge is 0.390 e. The number of alkyl halides is 3. The molecule has 10 heteroatoms. The van der Waals surface area contributed by atoms with E-state index < -0.39 is 28.2 Å². The highest BCUT2D eigenvalue weighted by Crippen LogP contribution is 2.71. The number of fused-ring (bicyclic) bond motifs is 5. The Kier molecular flexibility index (Phi) is 8.29. The van der Waals surface area contributed by atoms with Crippen LogP contribution in [0.2, 0.25) is 0 Å². The Balaban J connectivity index is 1.59. The maximum atomic E-state index is 12.6. The van der Waals surface area contributed by atoms with Gasteiger partial charge in [0.05, 0.1) is 11.3 Å². The minimum absolute atomic E-state index is 0.123. The molecule has 4 N–H and O–H groups in total. The van der Waals surface area contributed by atoms with Crippen molar-refractivity contribution in [3.63, 3.8) is 0 Å². The second-order valence-corrected chi connectivity index (χ2v) is 13.7. The lowest BCUT2D eigenvalue weighted by Crippen LogP contribution is -2.57. The molecule has 6 nitrogen and oxygen atoms in total. The lowest BCUT2D eigenvalue weighted by molar-refractivity contribution is -0.205. The molecule has 0 amide bonds. The second kappa shape index (κ2) is 10.7. The van der Waals surface area contributed by atoms with E-state index in [-0.39, 0.29) is 35.0 Å². The zero-order valence-electron chi connectivity index (χ0n) is 22.8. The zero-order chi connectivity index (χ0) is 28.9. The number of aliphatic hydroxyl groups excluding tert-OH is 1. The first kappa shape index (κ1) is 30.3. The number of aliphatic hydroxyl groups is 2. The van der Waals surface area contributed by atoms with Gasteiger partial charge in [0.25, 0.3) is 0 Å². The monoisotopic (exact) mass is 573 g/mol. The summed E-state index contributed by atoms with van der Waals surface area (Å²) in [5.41, 5.74) is 1.14. The van der Waals surface area contributed by atoms with E-state index in [0.717, 1.165) is 62.5 Å². The van der Waals surface area contributed by atoms with Crippen LogP contribution in [0.25, 0.3) is 0 Å². The molecule has 0 aliphatic heterocycles. The van der Waals surface area contributed by atoms with Gasteiger partial charge in [-0.25, -0.2) is 0 Å². The Labute approximate surface area is 230 Å². The number of unbranched alkanes of at least 4 members (excludes halogenated alkanes) is 3. The van der Waals surface area contributed by atoms with Crippen molar-refractivity contribution in [2.24, 2.45) is 22.7 Å². The molecule has 4 rings (SSSR count). The maximum absolute atomic E-state index is 12.6. The van der Waals surface area contributed by atoms with Crippen molar-refractivity contribution in [1.82, 2.24) is 0 Å². The van der Waals surface area contributed by atoms with Gasteiger partial charge in [-0.15, -0.1) is 6.58 Å². The van der Waals surface area contributed by atoms with E-state index >= 15 is 0 Å². The molecular weight excluding hydrogens is 531 g/mol. The third kappa shape index (κ3) is 5.76. The first-order valence-corrected chi connectivity index (χ1v) is 15.5. The molecule has 3 aliphatic rings. The lowest BCUT2D eigenvalue weighted by Gasteiger charge is -2.61. The summed E-state index contributed by atoms with van der Waals surface area (Å²) in [5, 5.41) is 20.8. The fourth-order valence-electron chi connectivity index (χ4n) is 8.41. The van der Waals surface area contributed by atoms with Crippen LogP contribution >= 0.6 is 0 Å². The van der Waals surface area contributed by atoms with Crippen LogP contribution in [-0.4, -0.2) is 41.1 Å². The molecule has 0 saturated heterocycles. The average Bonchev–Trinajstić information content (AvgIpc) is 3.07. The number of hydrogen-bond acceptors (Lipinski definition) is 4. The molecule has 7 atom stereocenters. The predicted molar refractivity (Wildman–Crippen MR) is 145 cm³/mol. The van der Waals surface area contributed by atoms with E-state index in [0.29, 0.717) is 18.5 Å². The van der Waals surface area contributed by atoms with Gasteiger partial charge >= 0.3 is 16.5 Å². The van der Waals surface area contributed by atoms with Crippen molar-refractivity contribution >= 4 is 16.0 Å². The maximum Gasteiger partial charge on any atom is 0.414 e. The summed E-state index contributed by atoms with van der Waals surface area (Å²) in [7, 11) is -4.39. The number of anilines is 1.